The van der Waals surface area contributed by atoms with Gasteiger partial charge < -0.3 is 15.7 Å². The Labute approximate surface area is 134 Å². The first-order chi connectivity index (χ1) is 10.1. The summed E-state index contributed by atoms with van der Waals surface area (Å²) in [6.45, 7) is 1.41. The number of nitrogens with zero attached hydrogens (tertiary/aromatic N) is 2. The molecule has 1 fully saturated rings. The Morgan fingerprint density at radius 1 is 1.45 bits per heavy atom. The normalized spacial score (nSPS) is 20.4. The van der Waals surface area contributed by atoms with Crippen molar-refractivity contribution in [2.24, 2.45) is 13.0 Å². The average molecular weight is 323 g/mol. The molecule has 2 heterocycles. The molecule has 1 aromatic heterocycles. The SMILES string of the molecule is Cl.Cn1cc([C@H]2CNC[C@@H]2C(=O)Nc2cccc(O)c2)cn1. The van der Waals surface area contributed by atoms with Gasteiger partial charge in [0.2, 0.25) is 5.91 Å². The van der Waals surface area contributed by atoms with E-state index in [9.17, 15) is 9.90 Å². The van der Waals surface area contributed by atoms with E-state index in [0.717, 1.165) is 12.1 Å². The van der Waals surface area contributed by atoms with E-state index in [1.807, 2.05) is 19.4 Å². The van der Waals surface area contributed by atoms with Crippen LogP contribution in [0.5, 0.6) is 5.75 Å². The predicted octanol–water partition coefficient (Wildman–Crippen LogP) is 1.49. The van der Waals surface area contributed by atoms with E-state index in [4.69, 9.17) is 0 Å². The quantitative estimate of drug-likeness (QED) is 0.800. The van der Waals surface area contributed by atoms with E-state index in [1.165, 1.54) is 0 Å². The van der Waals surface area contributed by atoms with Crippen LogP contribution in [0.4, 0.5) is 5.69 Å². The number of aryl methyl sites for hydroxylation is 1. The highest BCUT2D eigenvalue weighted by atomic mass is 35.5. The van der Waals surface area contributed by atoms with Crippen molar-refractivity contribution in [2.45, 2.75) is 5.92 Å². The molecular weight excluding hydrogens is 304 g/mol. The molecule has 0 spiro atoms. The van der Waals surface area contributed by atoms with Gasteiger partial charge in [-0.2, -0.15) is 5.10 Å². The van der Waals surface area contributed by atoms with Crippen molar-refractivity contribution in [3.05, 3.63) is 42.2 Å². The fraction of sp³-hybridized carbons (Fsp3) is 0.333. The van der Waals surface area contributed by atoms with Gasteiger partial charge in [-0.25, -0.2) is 0 Å². The van der Waals surface area contributed by atoms with Crippen molar-refractivity contribution in [1.82, 2.24) is 15.1 Å². The van der Waals surface area contributed by atoms with Gasteiger partial charge in [-0.05, 0) is 17.7 Å². The molecule has 0 unspecified atom stereocenters. The number of phenolic OH excluding ortho intramolecular Hbond substituents is 1. The van der Waals surface area contributed by atoms with Crippen molar-refractivity contribution in [1.29, 1.82) is 0 Å². The van der Waals surface area contributed by atoms with Crippen LogP contribution in [0, 0.1) is 5.92 Å². The van der Waals surface area contributed by atoms with Crippen molar-refractivity contribution >= 4 is 24.0 Å². The van der Waals surface area contributed by atoms with Crippen LogP contribution < -0.4 is 10.6 Å². The summed E-state index contributed by atoms with van der Waals surface area (Å²) >= 11 is 0. The number of aromatic hydroxyl groups is 1. The third kappa shape index (κ3) is 3.40. The number of amides is 1. The standard InChI is InChI=1S/C15H18N4O2.ClH/c1-19-9-10(6-17-19)13-7-16-8-14(13)15(21)18-11-3-2-4-12(20)5-11;/h2-6,9,13-14,16,20H,7-8H2,1H3,(H,18,21);1H/t13-,14+;/m1./s1. The molecule has 1 aliphatic heterocycles. The number of phenols is 1. The summed E-state index contributed by atoms with van der Waals surface area (Å²) in [5, 5.41) is 19.8. The average Bonchev–Trinajstić information content (AvgIpc) is 3.06. The molecule has 1 saturated heterocycles. The van der Waals surface area contributed by atoms with Crippen LogP contribution in [0.3, 0.4) is 0 Å². The molecule has 0 saturated carbocycles. The van der Waals surface area contributed by atoms with Gasteiger partial charge in [-0.3, -0.25) is 9.48 Å². The third-order valence-electron chi connectivity index (χ3n) is 3.82. The molecule has 1 amide bonds. The Hall–Kier alpha value is -2.05. The maximum atomic E-state index is 12.5. The first-order valence-corrected chi connectivity index (χ1v) is 6.92. The molecule has 22 heavy (non-hydrogen) atoms. The zero-order valence-electron chi connectivity index (χ0n) is 12.2. The molecule has 2 aromatic rings. The minimum Gasteiger partial charge on any atom is -0.508 e. The second-order valence-electron chi connectivity index (χ2n) is 5.36. The largest absolute Gasteiger partial charge is 0.508 e. The van der Waals surface area contributed by atoms with Gasteiger partial charge in [-0.1, -0.05) is 6.07 Å². The number of hydrogen-bond donors (Lipinski definition) is 3. The van der Waals surface area contributed by atoms with E-state index < -0.39 is 0 Å². The predicted molar refractivity (Wildman–Crippen MR) is 86.3 cm³/mol. The molecule has 0 radical (unpaired) electrons. The fourth-order valence-electron chi connectivity index (χ4n) is 2.75. The number of nitrogens with one attached hydrogen (secondary N) is 2. The molecule has 3 rings (SSSR count). The van der Waals surface area contributed by atoms with Crippen LogP contribution in [-0.2, 0) is 11.8 Å². The second-order valence-corrected chi connectivity index (χ2v) is 5.36. The fourth-order valence-corrected chi connectivity index (χ4v) is 2.75. The van der Waals surface area contributed by atoms with Crippen LogP contribution in [0.1, 0.15) is 11.5 Å². The van der Waals surface area contributed by atoms with Crippen molar-refractivity contribution in [3.63, 3.8) is 0 Å². The zero-order valence-corrected chi connectivity index (χ0v) is 13.0. The first kappa shape index (κ1) is 16.3. The lowest BCUT2D eigenvalue weighted by Crippen LogP contribution is -2.28. The van der Waals surface area contributed by atoms with E-state index in [-0.39, 0.29) is 35.9 Å². The molecule has 0 bridgehead atoms. The maximum Gasteiger partial charge on any atom is 0.229 e. The van der Waals surface area contributed by atoms with Gasteiger partial charge in [0.25, 0.3) is 0 Å². The molecule has 2 atom stereocenters. The maximum absolute atomic E-state index is 12.5. The van der Waals surface area contributed by atoms with Crippen molar-refractivity contribution < 1.29 is 9.90 Å². The monoisotopic (exact) mass is 322 g/mol. The number of carbonyl (C=O) groups is 1. The summed E-state index contributed by atoms with van der Waals surface area (Å²) in [4.78, 5) is 12.5. The number of hydrogen-bond acceptors (Lipinski definition) is 4. The number of aromatic nitrogens is 2. The highest BCUT2D eigenvalue weighted by Gasteiger charge is 2.34. The Bertz CT molecular complexity index is 658. The summed E-state index contributed by atoms with van der Waals surface area (Å²) < 4.78 is 1.75. The number of anilines is 1. The number of halogens is 1. The Kier molecular flexibility index (Phi) is 5.05. The first-order valence-electron chi connectivity index (χ1n) is 6.92. The van der Waals surface area contributed by atoms with Gasteiger partial charge in [-0.15, -0.1) is 12.4 Å². The smallest absolute Gasteiger partial charge is 0.229 e. The topological polar surface area (TPSA) is 79.2 Å². The highest BCUT2D eigenvalue weighted by Crippen LogP contribution is 2.29. The molecule has 118 valence electrons. The van der Waals surface area contributed by atoms with Crippen LogP contribution >= 0.6 is 12.4 Å². The second kappa shape index (κ2) is 6.81. The van der Waals surface area contributed by atoms with E-state index >= 15 is 0 Å². The van der Waals surface area contributed by atoms with E-state index in [2.05, 4.69) is 15.7 Å². The van der Waals surface area contributed by atoms with Crippen LogP contribution in [0.2, 0.25) is 0 Å². The zero-order chi connectivity index (χ0) is 14.8. The molecule has 6 nitrogen and oxygen atoms in total. The van der Waals surface area contributed by atoms with Crippen LogP contribution in [0.25, 0.3) is 0 Å². The molecule has 3 N–H and O–H groups in total. The van der Waals surface area contributed by atoms with Gasteiger partial charge >= 0.3 is 0 Å². The summed E-state index contributed by atoms with van der Waals surface area (Å²) in [7, 11) is 1.87. The molecule has 1 aromatic carbocycles. The summed E-state index contributed by atoms with van der Waals surface area (Å²) in [6, 6.07) is 6.58. The lowest BCUT2D eigenvalue weighted by atomic mass is 9.90. The van der Waals surface area contributed by atoms with Gasteiger partial charge in [0.05, 0.1) is 12.1 Å². The Balaban J connectivity index is 0.00000176. The molecule has 7 heteroatoms. The molecular formula is C15H19ClN4O2. The number of benzene rings is 1. The van der Waals surface area contributed by atoms with Crippen LogP contribution in [-0.4, -0.2) is 33.9 Å². The van der Waals surface area contributed by atoms with E-state index in [1.54, 1.807) is 28.9 Å². The Morgan fingerprint density at radius 3 is 2.95 bits per heavy atom. The van der Waals surface area contributed by atoms with Crippen LogP contribution in [0.15, 0.2) is 36.7 Å². The minimum atomic E-state index is -0.142. The lowest BCUT2D eigenvalue weighted by Gasteiger charge is -2.17. The third-order valence-corrected chi connectivity index (χ3v) is 3.82. The summed E-state index contributed by atoms with van der Waals surface area (Å²) in [5.41, 5.74) is 1.68. The van der Waals surface area contributed by atoms with Gasteiger partial charge in [0.15, 0.2) is 0 Å². The lowest BCUT2D eigenvalue weighted by molar-refractivity contribution is -0.119. The summed E-state index contributed by atoms with van der Waals surface area (Å²) in [6.07, 6.45) is 3.76. The van der Waals surface area contributed by atoms with Gasteiger partial charge in [0, 0.05) is 44.0 Å². The summed E-state index contributed by atoms with van der Waals surface area (Å²) in [5.74, 6) is 0.0770. The Morgan fingerprint density at radius 2 is 2.27 bits per heavy atom. The van der Waals surface area contributed by atoms with E-state index in [0.29, 0.717) is 12.2 Å². The molecule has 0 aliphatic carbocycles. The molecule has 1 aliphatic rings. The number of carbonyl (C=O) groups excluding carboxylic acids is 1. The van der Waals surface area contributed by atoms with Gasteiger partial charge in [0.1, 0.15) is 5.75 Å². The number of rotatable bonds is 3. The highest BCUT2D eigenvalue weighted by molar-refractivity contribution is 5.93. The van der Waals surface area contributed by atoms with Crippen molar-refractivity contribution in [3.8, 4) is 5.75 Å². The minimum absolute atomic E-state index is 0. The van der Waals surface area contributed by atoms with Crippen molar-refractivity contribution in [2.75, 3.05) is 18.4 Å².